The van der Waals surface area contributed by atoms with Crippen LogP contribution in [0.15, 0.2) is 23.4 Å². The smallest absolute Gasteiger partial charge is 0.168 e. The molecular formula is C23H33NO4. The summed E-state index contributed by atoms with van der Waals surface area (Å²) >= 11 is 0. The molecule has 1 atom stereocenters. The first-order valence-corrected chi connectivity index (χ1v) is 10.9. The summed E-state index contributed by atoms with van der Waals surface area (Å²) in [7, 11) is 0. The molecular weight excluding hydrogens is 354 g/mol. The van der Waals surface area contributed by atoms with Gasteiger partial charge in [-0.05, 0) is 42.9 Å². The molecule has 1 aliphatic carbocycles. The van der Waals surface area contributed by atoms with Crippen molar-refractivity contribution < 1.29 is 19.0 Å². The Morgan fingerprint density at radius 3 is 2.75 bits per heavy atom. The van der Waals surface area contributed by atoms with Crippen LogP contribution in [0, 0.1) is 11.8 Å². The maximum atomic E-state index is 6.28. The Labute approximate surface area is 168 Å². The van der Waals surface area contributed by atoms with E-state index in [0.29, 0.717) is 25.0 Å². The van der Waals surface area contributed by atoms with Crippen LogP contribution in [0.4, 0.5) is 0 Å². The highest BCUT2D eigenvalue weighted by Gasteiger charge is 2.43. The summed E-state index contributed by atoms with van der Waals surface area (Å²) in [6.07, 6.45) is 8.24. The van der Waals surface area contributed by atoms with E-state index in [1.54, 1.807) is 0 Å². The van der Waals surface area contributed by atoms with Crippen molar-refractivity contribution in [1.29, 1.82) is 0 Å². The maximum Gasteiger partial charge on any atom is 0.168 e. The second kappa shape index (κ2) is 8.73. The Balaban J connectivity index is 1.48. The number of nitrogens with zero attached hydrogens (tertiary/aromatic N) is 1. The highest BCUT2D eigenvalue weighted by Crippen LogP contribution is 2.37. The summed E-state index contributed by atoms with van der Waals surface area (Å²) in [6.45, 7) is 7.14. The monoisotopic (exact) mass is 387 g/mol. The minimum Gasteiger partial charge on any atom is -0.489 e. The van der Waals surface area contributed by atoms with Gasteiger partial charge in [0.25, 0.3) is 0 Å². The first kappa shape index (κ1) is 19.6. The molecule has 0 radical (unpaired) electrons. The second-order valence-corrected chi connectivity index (χ2v) is 8.97. The van der Waals surface area contributed by atoms with Crippen molar-refractivity contribution in [3.05, 3.63) is 23.8 Å². The minimum atomic E-state index is -0.259. The molecule has 4 rings (SSSR count). The molecule has 0 N–H and O–H groups in total. The van der Waals surface area contributed by atoms with Gasteiger partial charge in [0, 0.05) is 18.4 Å². The molecule has 154 valence electrons. The van der Waals surface area contributed by atoms with E-state index in [1.165, 1.54) is 32.1 Å². The highest BCUT2D eigenvalue weighted by molar-refractivity contribution is 6.02. The molecule has 28 heavy (non-hydrogen) atoms. The lowest BCUT2D eigenvalue weighted by atomic mass is 9.90. The molecule has 1 saturated heterocycles. The van der Waals surface area contributed by atoms with Crippen LogP contribution in [-0.2, 0) is 9.57 Å². The zero-order valence-corrected chi connectivity index (χ0v) is 17.2. The van der Waals surface area contributed by atoms with Crippen LogP contribution < -0.4 is 9.47 Å². The van der Waals surface area contributed by atoms with E-state index >= 15 is 0 Å². The molecule has 2 aliphatic heterocycles. The number of ether oxygens (including phenoxy) is 3. The predicted octanol–water partition coefficient (Wildman–Crippen LogP) is 4.96. The molecule has 1 unspecified atom stereocenters. The number of hydrogen-bond donors (Lipinski definition) is 0. The van der Waals surface area contributed by atoms with E-state index in [-0.39, 0.29) is 5.60 Å². The van der Waals surface area contributed by atoms with E-state index in [4.69, 9.17) is 19.0 Å². The zero-order valence-electron chi connectivity index (χ0n) is 17.2. The molecule has 1 saturated carbocycles. The molecule has 5 nitrogen and oxygen atoms in total. The van der Waals surface area contributed by atoms with Crippen molar-refractivity contribution in [2.45, 2.75) is 64.4 Å². The zero-order chi connectivity index (χ0) is 19.4. The third-order valence-corrected chi connectivity index (χ3v) is 5.95. The lowest BCUT2D eigenvalue weighted by Gasteiger charge is -2.23. The van der Waals surface area contributed by atoms with Gasteiger partial charge in [-0.3, -0.25) is 0 Å². The van der Waals surface area contributed by atoms with Crippen LogP contribution >= 0.6 is 0 Å². The Hall–Kier alpha value is -1.75. The average molecular weight is 388 g/mol. The fourth-order valence-corrected chi connectivity index (χ4v) is 4.21. The van der Waals surface area contributed by atoms with Crippen molar-refractivity contribution in [3.63, 3.8) is 0 Å². The summed E-state index contributed by atoms with van der Waals surface area (Å²) in [4.78, 5) is 5.76. The Morgan fingerprint density at radius 1 is 1.14 bits per heavy atom. The van der Waals surface area contributed by atoms with Gasteiger partial charge in [0.05, 0.1) is 32.1 Å². The summed E-state index contributed by atoms with van der Waals surface area (Å²) < 4.78 is 17.8. The number of rotatable bonds is 7. The normalized spacial score (nSPS) is 25.2. The van der Waals surface area contributed by atoms with Gasteiger partial charge in [-0.1, -0.05) is 38.3 Å². The molecule has 5 heteroatoms. The van der Waals surface area contributed by atoms with Crippen molar-refractivity contribution in [2.75, 3.05) is 26.4 Å². The van der Waals surface area contributed by atoms with E-state index < -0.39 is 0 Å². The molecule has 0 aromatic heterocycles. The van der Waals surface area contributed by atoms with Crippen LogP contribution in [0.25, 0.3) is 0 Å². The van der Waals surface area contributed by atoms with Crippen molar-refractivity contribution in [3.8, 4) is 11.5 Å². The first-order valence-electron chi connectivity index (χ1n) is 10.9. The second-order valence-electron chi connectivity index (χ2n) is 8.97. The maximum absolute atomic E-state index is 6.28. The molecule has 0 amide bonds. The van der Waals surface area contributed by atoms with Crippen LogP contribution in [-0.4, -0.2) is 37.7 Å². The van der Waals surface area contributed by atoms with Gasteiger partial charge in [-0.25, -0.2) is 0 Å². The quantitative estimate of drug-likeness (QED) is 0.663. The average Bonchev–Trinajstić information content (AvgIpc) is 3.35. The Kier molecular flexibility index (Phi) is 6.10. The lowest BCUT2D eigenvalue weighted by molar-refractivity contribution is -0.0237. The van der Waals surface area contributed by atoms with Crippen LogP contribution in [0.5, 0.6) is 11.5 Å². The van der Waals surface area contributed by atoms with Gasteiger partial charge < -0.3 is 19.0 Å². The molecule has 1 aromatic carbocycles. The van der Waals surface area contributed by atoms with Crippen LogP contribution in [0.1, 0.15) is 64.4 Å². The summed E-state index contributed by atoms with van der Waals surface area (Å²) in [5, 5.41) is 4.38. The van der Waals surface area contributed by atoms with Gasteiger partial charge in [0.15, 0.2) is 17.1 Å². The highest BCUT2D eigenvalue weighted by atomic mass is 16.7. The van der Waals surface area contributed by atoms with E-state index in [2.05, 4.69) is 31.1 Å². The van der Waals surface area contributed by atoms with Gasteiger partial charge in [0.1, 0.15) is 0 Å². The number of hydrogen-bond acceptors (Lipinski definition) is 5. The molecule has 2 fully saturated rings. The third-order valence-electron chi connectivity index (χ3n) is 5.95. The molecule has 1 spiro atoms. The van der Waals surface area contributed by atoms with Gasteiger partial charge in [-0.15, -0.1) is 0 Å². The van der Waals surface area contributed by atoms with Crippen molar-refractivity contribution in [1.82, 2.24) is 0 Å². The third kappa shape index (κ3) is 4.62. The van der Waals surface area contributed by atoms with Crippen LogP contribution in [0.2, 0.25) is 0 Å². The summed E-state index contributed by atoms with van der Waals surface area (Å²) in [6, 6.07) is 6.17. The van der Waals surface area contributed by atoms with Crippen LogP contribution in [0.3, 0.4) is 0 Å². The molecule has 1 aromatic rings. The first-order chi connectivity index (χ1) is 13.6. The topological polar surface area (TPSA) is 49.3 Å². The van der Waals surface area contributed by atoms with Gasteiger partial charge in [0.2, 0.25) is 0 Å². The van der Waals surface area contributed by atoms with E-state index in [9.17, 15) is 0 Å². The van der Waals surface area contributed by atoms with Gasteiger partial charge >= 0.3 is 0 Å². The predicted molar refractivity (Wildman–Crippen MR) is 109 cm³/mol. The SMILES string of the molecule is CC(C)COc1ccc(C2=NOC3(CCOC3)C2)cc1OCC1CCCCC1. The van der Waals surface area contributed by atoms with Crippen molar-refractivity contribution in [2.24, 2.45) is 17.0 Å². The number of oxime groups is 1. The summed E-state index contributed by atoms with van der Waals surface area (Å²) in [5.74, 6) is 2.78. The fraction of sp³-hybridized carbons (Fsp3) is 0.696. The largest absolute Gasteiger partial charge is 0.489 e. The van der Waals surface area contributed by atoms with Gasteiger partial charge in [-0.2, -0.15) is 0 Å². The standard InChI is InChI=1S/C23H33NO4/c1-17(2)14-26-21-9-8-19(20-13-23(28-24-20)10-11-25-16-23)12-22(21)27-15-18-6-4-3-5-7-18/h8-9,12,17-18H,3-7,10-11,13-16H2,1-2H3. The number of benzene rings is 1. The van der Waals surface area contributed by atoms with Crippen molar-refractivity contribution >= 4 is 5.71 Å². The molecule has 3 aliphatic rings. The molecule has 2 heterocycles. The molecule has 0 bridgehead atoms. The summed E-state index contributed by atoms with van der Waals surface area (Å²) in [5.41, 5.74) is 1.77. The lowest BCUT2D eigenvalue weighted by Crippen LogP contribution is -2.29. The fourth-order valence-electron chi connectivity index (χ4n) is 4.21. The Bertz CT molecular complexity index is 688. The van der Waals surface area contributed by atoms with E-state index in [1.807, 2.05) is 6.07 Å². The minimum absolute atomic E-state index is 0.259. The van der Waals surface area contributed by atoms with E-state index in [0.717, 1.165) is 48.8 Å². The Morgan fingerprint density at radius 2 is 2.00 bits per heavy atom.